The number of hydrogen-bond donors (Lipinski definition) is 0. The fraction of sp³-hybridized carbons (Fsp3) is 0.722. The maximum Gasteiger partial charge on any atom is 0.338 e. The van der Waals surface area contributed by atoms with Crippen molar-refractivity contribution in [2.24, 2.45) is 5.92 Å². The van der Waals surface area contributed by atoms with Gasteiger partial charge in [-0.2, -0.15) is 0 Å². The van der Waals surface area contributed by atoms with Crippen LogP contribution in [0.25, 0.3) is 0 Å². The number of carbonyl (C=O) groups is 1. The molecule has 0 unspecified atom stereocenters. The Kier molecular flexibility index (Phi) is 6.45. The van der Waals surface area contributed by atoms with Crippen LogP contribution in [0, 0.1) is 12.8 Å². The molecule has 1 aliphatic carbocycles. The smallest absolute Gasteiger partial charge is 0.338 e. The summed E-state index contributed by atoms with van der Waals surface area (Å²) in [6, 6.07) is 0.790. The Bertz CT molecular complexity index is 487. The number of hydrogen-bond acceptors (Lipinski definition) is 4. The first-order valence-corrected chi connectivity index (χ1v) is 9.22. The maximum atomic E-state index is 11.6. The average molecular weight is 324 g/mol. The van der Waals surface area contributed by atoms with Gasteiger partial charge in [-0.05, 0) is 71.0 Å². The molecule has 124 valence electrons. The van der Waals surface area contributed by atoms with Gasteiger partial charge in [0.25, 0.3) is 0 Å². The molecule has 0 bridgehead atoms. The van der Waals surface area contributed by atoms with Crippen LogP contribution in [0.3, 0.4) is 0 Å². The van der Waals surface area contributed by atoms with Gasteiger partial charge in [0, 0.05) is 16.3 Å². The molecule has 2 rings (SSSR count). The van der Waals surface area contributed by atoms with Crippen molar-refractivity contribution in [3.05, 3.63) is 21.4 Å². The molecule has 22 heavy (non-hydrogen) atoms. The normalized spacial score (nSPS) is 22.0. The topological polar surface area (TPSA) is 29.5 Å². The first kappa shape index (κ1) is 17.5. The van der Waals surface area contributed by atoms with E-state index in [1.54, 1.807) is 11.3 Å². The van der Waals surface area contributed by atoms with Gasteiger partial charge in [-0.15, -0.1) is 11.3 Å². The quantitative estimate of drug-likeness (QED) is 0.732. The summed E-state index contributed by atoms with van der Waals surface area (Å²) in [4.78, 5) is 15.4. The van der Waals surface area contributed by atoms with Crippen molar-refractivity contribution in [1.82, 2.24) is 4.90 Å². The van der Waals surface area contributed by atoms with E-state index in [0.717, 1.165) is 29.5 Å². The Morgan fingerprint density at radius 3 is 2.59 bits per heavy atom. The van der Waals surface area contributed by atoms with Crippen molar-refractivity contribution in [3.8, 4) is 0 Å². The van der Waals surface area contributed by atoms with Crippen LogP contribution in [0.15, 0.2) is 5.38 Å². The van der Waals surface area contributed by atoms with Crippen LogP contribution in [-0.4, -0.2) is 38.1 Å². The van der Waals surface area contributed by atoms with Crippen LogP contribution < -0.4 is 0 Å². The van der Waals surface area contributed by atoms with Gasteiger partial charge in [0.15, 0.2) is 0 Å². The molecule has 0 aromatic carbocycles. The Hall–Kier alpha value is -0.870. The summed E-state index contributed by atoms with van der Waals surface area (Å²) in [6.45, 7) is 2.04. The number of thiophene rings is 1. The molecule has 1 aromatic heterocycles. The summed E-state index contributed by atoms with van der Waals surface area (Å²) in [7, 11) is 5.84. The van der Waals surface area contributed by atoms with Gasteiger partial charge < -0.3 is 9.64 Å². The van der Waals surface area contributed by atoms with Gasteiger partial charge in [0.2, 0.25) is 0 Å². The zero-order chi connectivity index (χ0) is 16.1. The van der Waals surface area contributed by atoms with E-state index in [9.17, 15) is 4.79 Å². The molecule has 1 fully saturated rings. The van der Waals surface area contributed by atoms with Gasteiger partial charge in [-0.1, -0.05) is 6.42 Å². The molecule has 1 aliphatic rings. The molecule has 0 aliphatic heterocycles. The third kappa shape index (κ3) is 4.32. The Balaban J connectivity index is 1.76. The Labute approximate surface area is 138 Å². The summed E-state index contributed by atoms with van der Waals surface area (Å²) in [5, 5.41) is 1.94. The second-order valence-corrected chi connectivity index (χ2v) is 7.68. The lowest BCUT2D eigenvalue weighted by molar-refractivity contribution is 0.0600. The minimum atomic E-state index is -0.206. The third-order valence-electron chi connectivity index (χ3n) is 5.11. The predicted octanol–water partition coefficient (Wildman–Crippen LogP) is 4.29. The maximum absolute atomic E-state index is 11.6. The summed E-state index contributed by atoms with van der Waals surface area (Å²) in [5.41, 5.74) is 1.86. The molecule has 0 N–H and O–H groups in total. The highest BCUT2D eigenvalue weighted by atomic mass is 32.1. The Morgan fingerprint density at radius 1 is 1.32 bits per heavy atom. The number of rotatable bonds is 6. The SMILES string of the molecule is COC(=O)c1csc(CCCC2CCC(N(C)C)CC2)c1C. The van der Waals surface area contributed by atoms with E-state index < -0.39 is 0 Å². The molecule has 3 nitrogen and oxygen atoms in total. The molecular formula is C18H29NO2S. The summed E-state index contributed by atoms with van der Waals surface area (Å²) in [5.74, 6) is 0.693. The molecule has 0 radical (unpaired) electrons. The second kappa shape index (κ2) is 8.11. The van der Waals surface area contributed by atoms with E-state index in [-0.39, 0.29) is 5.97 Å². The highest BCUT2D eigenvalue weighted by Crippen LogP contribution is 2.31. The van der Waals surface area contributed by atoms with Crippen molar-refractivity contribution in [2.75, 3.05) is 21.2 Å². The number of nitrogens with zero attached hydrogens (tertiary/aromatic N) is 1. The van der Waals surface area contributed by atoms with E-state index >= 15 is 0 Å². The first-order chi connectivity index (χ1) is 10.5. The van der Waals surface area contributed by atoms with E-state index in [1.165, 1.54) is 50.5 Å². The molecule has 1 aromatic rings. The molecule has 1 heterocycles. The van der Waals surface area contributed by atoms with E-state index in [2.05, 4.69) is 19.0 Å². The van der Waals surface area contributed by atoms with Crippen LogP contribution in [0.1, 0.15) is 59.3 Å². The van der Waals surface area contributed by atoms with Crippen molar-refractivity contribution < 1.29 is 9.53 Å². The number of methoxy groups -OCH3 is 1. The van der Waals surface area contributed by atoms with Gasteiger partial charge in [0.1, 0.15) is 0 Å². The fourth-order valence-electron chi connectivity index (χ4n) is 3.52. The zero-order valence-corrected chi connectivity index (χ0v) is 15.2. The lowest BCUT2D eigenvalue weighted by atomic mass is 9.82. The molecular weight excluding hydrogens is 294 g/mol. The van der Waals surface area contributed by atoms with Crippen molar-refractivity contribution in [3.63, 3.8) is 0 Å². The highest BCUT2D eigenvalue weighted by molar-refractivity contribution is 7.10. The minimum Gasteiger partial charge on any atom is -0.465 e. The number of ether oxygens (including phenoxy) is 1. The van der Waals surface area contributed by atoms with Gasteiger partial charge in [-0.25, -0.2) is 4.79 Å². The van der Waals surface area contributed by atoms with Crippen LogP contribution in [-0.2, 0) is 11.2 Å². The largest absolute Gasteiger partial charge is 0.465 e. The number of aryl methyl sites for hydroxylation is 1. The molecule has 0 atom stereocenters. The number of carbonyl (C=O) groups excluding carboxylic acids is 1. The van der Waals surface area contributed by atoms with E-state index in [0.29, 0.717) is 0 Å². The molecule has 0 amide bonds. The van der Waals surface area contributed by atoms with E-state index in [1.807, 2.05) is 12.3 Å². The summed E-state index contributed by atoms with van der Waals surface area (Å²) in [6.07, 6.45) is 9.11. The number of esters is 1. The van der Waals surface area contributed by atoms with Crippen LogP contribution in [0.2, 0.25) is 0 Å². The first-order valence-electron chi connectivity index (χ1n) is 8.34. The van der Waals surface area contributed by atoms with Crippen LogP contribution in [0.5, 0.6) is 0 Å². The lowest BCUT2D eigenvalue weighted by Gasteiger charge is -2.32. The predicted molar refractivity (Wildman–Crippen MR) is 92.8 cm³/mol. The van der Waals surface area contributed by atoms with Gasteiger partial charge >= 0.3 is 5.97 Å². The van der Waals surface area contributed by atoms with E-state index in [4.69, 9.17) is 4.74 Å². The molecule has 4 heteroatoms. The van der Waals surface area contributed by atoms with Crippen molar-refractivity contribution in [2.45, 2.75) is 57.9 Å². The summed E-state index contributed by atoms with van der Waals surface area (Å²) >= 11 is 1.70. The van der Waals surface area contributed by atoms with Crippen molar-refractivity contribution >= 4 is 17.3 Å². The minimum absolute atomic E-state index is 0.206. The van der Waals surface area contributed by atoms with Crippen LogP contribution in [0.4, 0.5) is 0 Å². The van der Waals surface area contributed by atoms with Gasteiger partial charge in [0.05, 0.1) is 12.7 Å². The summed E-state index contributed by atoms with van der Waals surface area (Å²) < 4.78 is 4.82. The molecule has 1 saturated carbocycles. The van der Waals surface area contributed by atoms with Gasteiger partial charge in [-0.3, -0.25) is 0 Å². The Morgan fingerprint density at radius 2 is 2.00 bits per heavy atom. The second-order valence-electron chi connectivity index (χ2n) is 6.72. The monoisotopic (exact) mass is 323 g/mol. The molecule has 0 spiro atoms. The fourth-order valence-corrected chi connectivity index (χ4v) is 4.60. The van der Waals surface area contributed by atoms with Crippen molar-refractivity contribution in [1.29, 1.82) is 0 Å². The zero-order valence-electron chi connectivity index (χ0n) is 14.4. The average Bonchev–Trinajstić information content (AvgIpc) is 2.88. The molecule has 0 saturated heterocycles. The third-order valence-corrected chi connectivity index (χ3v) is 6.26. The lowest BCUT2D eigenvalue weighted by Crippen LogP contribution is -2.32. The van der Waals surface area contributed by atoms with Crippen LogP contribution >= 0.6 is 11.3 Å². The highest BCUT2D eigenvalue weighted by Gasteiger charge is 2.22. The standard InChI is InChI=1S/C18H29NO2S/c1-13-16(18(20)21-4)12-22-17(13)7-5-6-14-8-10-15(11-9-14)19(2)3/h12,14-15H,5-11H2,1-4H3.